The average Bonchev–Trinajstić information content (AvgIpc) is 3.06. The summed E-state index contributed by atoms with van der Waals surface area (Å²) >= 11 is 0. The molecule has 2 heterocycles. The second-order valence-electron chi connectivity index (χ2n) is 5.04. The number of furan rings is 1. The van der Waals surface area contributed by atoms with E-state index in [1.165, 1.54) is 0 Å². The lowest BCUT2D eigenvalue weighted by Crippen LogP contribution is -2.27. The number of rotatable bonds is 5. The van der Waals surface area contributed by atoms with Crippen molar-refractivity contribution in [1.29, 1.82) is 0 Å². The maximum Gasteiger partial charge on any atom is 0.161 e. The Morgan fingerprint density at radius 2 is 2.00 bits per heavy atom. The zero-order chi connectivity index (χ0) is 14.7. The molecule has 3 rings (SSSR count). The predicted molar refractivity (Wildman–Crippen MR) is 77.5 cm³/mol. The summed E-state index contributed by atoms with van der Waals surface area (Å²) in [6.45, 7) is 3.18. The Bertz CT molecular complexity index is 582. The fraction of sp³-hybridized carbons (Fsp3) is 0.375. The maximum atomic E-state index is 9.52. The first-order valence-electron chi connectivity index (χ1n) is 7.08. The lowest BCUT2D eigenvalue weighted by molar-refractivity contribution is 0.171. The molecular formula is C16H19NO4. The van der Waals surface area contributed by atoms with Gasteiger partial charge in [-0.25, -0.2) is 0 Å². The van der Waals surface area contributed by atoms with Gasteiger partial charge in [0, 0.05) is 6.04 Å². The maximum absolute atomic E-state index is 9.52. The van der Waals surface area contributed by atoms with E-state index in [-0.39, 0.29) is 18.7 Å². The summed E-state index contributed by atoms with van der Waals surface area (Å²) < 4.78 is 16.5. The molecular weight excluding hydrogens is 270 g/mol. The van der Waals surface area contributed by atoms with Crippen LogP contribution in [-0.4, -0.2) is 24.9 Å². The van der Waals surface area contributed by atoms with E-state index in [0.29, 0.717) is 13.2 Å². The van der Waals surface area contributed by atoms with Crippen molar-refractivity contribution in [1.82, 2.24) is 5.32 Å². The zero-order valence-electron chi connectivity index (χ0n) is 11.9. The van der Waals surface area contributed by atoms with Crippen LogP contribution in [0.5, 0.6) is 11.5 Å². The molecule has 0 radical (unpaired) electrons. The molecule has 5 heteroatoms. The topological polar surface area (TPSA) is 63.9 Å². The van der Waals surface area contributed by atoms with Crippen LogP contribution < -0.4 is 14.8 Å². The molecule has 0 fully saturated rings. The molecule has 21 heavy (non-hydrogen) atoms. The van der Waals surface area contributed by atoms with Crippen LogP contribution >= 0.6 is 0 Å². The summed E-state index contributed by atoms with van der Waals surface area (Å²) in [5.41, 5.74) is 1.07. The molecule has 0 bridgehead atoms. The van der Waals surface area contributed by atoms with E-state index in [1.807, 2.05) is 37.3 Å². The highest BCUT2D eigenvalue weighted by atomic mass is 16.6. The van der Waals surface area contributed by atoms with Crippen molar-refractivity contribution >= 4 is 0 Å². The van der Waals surface area contributed by atoms with E-state index >= 15 is 0 Å². The van der Waals surface area contributed by atoms with E-state index in [2.05, 4.69) is 5.32 Å². The molecule has 1 aromatic carbocycles. The molecule has 2 aromatic rings. The highest BCUT2D eigenvalue weighted by molar-refractivity contribution is 5.44. The highest BCUT2D eigenvalue weighted by Gasteiger charge is 2.19. The number of aliphatic hydroxyl groups is 1. The second-order valence-corrected chi connectivity index (χ2v) is 5.04. The lowest BCUT2D eigenvalue weighted by atomic mass is 10.1. The monoisotopic (exact) mass is 289 g/mol. The Labute approximate surface area is 123 Å². The normalized spacial score (nSPS) is 16.5. The molecule has 1 aromatic heterocycles. The van der Waals surface area contributed by atoms with Gasteiger partial charge in [0.1, 0.15) is 19.0 Å². The van der Waals surface area contributed by atoms with Crippen LogP contribution in [0.2, 0.25) is 0 Å². The largest absolute Gasteiger partial charge is 0.486 e. The van der Waals surface area contributed by atoms with Gasteiger partial charge in [0.05, 0.1) is 18.9 Å². The molecule has 1 aliphatic heterocycles. The van der Waals surface area contributed by atoms with Gasteiger partial charge in [0.2, 0.25) is 0 Å². The molecule has 0 saturated heterocycles. The van der Waals surface area contributed by atoms with Gasteiger partial charge in [0.25, 0.3) is 0 Å². The van der Waals surface area contributed by atoms with E-state index in [0.717, 1.165) is 22.8 Å². The molecule has 2 atom stereocenters. The van der Waals surface area contributed by atoms with Gasteiger partial charge < -0.3 is 19.0 Å². The first-order chi connectivity index (χ1) is 10.3. The second kappa shape index (κ2) is 6.20. The summed E-state index contributed by atoms with van der Waals surface area (Å²) in [7, 11) is 0. The molecule has 112 valence electrons. The number of aliphatic hydroxyl groups excluding tert-OH is 1. The Hall–Kier alpha value is -1.98. The van der Waals surface area contributed by atoms with E-state index in [9.17, 15) is 5.11 Å². The van der Waals surface area contributed by atoms with Crippen LogP contribution in [0.4, 0.5) is 0 Å². The minimum atomic E-state index is -0.233. The standard InChI is InChI=1S/C16H19NO4/c1-11(17-13(10-18)14-3-2-6-19-14)12-4-5-15-16(9-12)21-8-7-20-15/h2-6,9,11,13,17-18H,7-8,10H2,1H3. The van der Waals surface area contributed by atoms with Crippen molar-refractivity contribution in [2.75, 3.05) is 19.8 Å². The van der Waals surface area contributed by atoms with Gasteiger partial charge in [-0.3, -0.25) is 5.32 Å². The Morgan fingerprint density at radius 1 is 1.19 bits per heavy atom. The van der Waals surface area contributed by atoms with Crippen LogP contribution in [0.1, 0.15) is 30.3 Å². The van der Waals surface area contributed by atoms with Crippen molar-refractivity contribution in [2.24, 2.45) is 0 Å². The molecule has 0 saturated carbocycles. The zero-order valence-corrected chi connectivity index (χ0v) is 11.9. The van der Waals surface area contributed by atoms with Gasteiger partial charge in [-0.05, 0) is 36.8 Å². The number of benzene rings is 1. The molecule has 2 N–H and O–H groups in total. The van der Waals surface area contributed by atoms with Gasteiger partial charge >= 0.3 is 0 Å². The Morgan fingerprint density at radius 3 is 2.71 bits per heavy atom. The average molecular weight is 289 g/mol. The van der Waals surface area contributed by atoms with E-state index in [4.69, 9.17) is 13.9 Å². The number of hydrogen-bond acceptors (Lipinski definition) is 5. The van der Waals surface area contributed by atoms with Crippen molar-refractivity contribution < 1.29 is 19.0 Å². The summed E-state index contributed by atoms with van der Waals surface area (Å²) in [4.78, 5) is 0. The summed E-state index contributed by atoms with van der Waals surface area (Å²) in [5.74, 6) is 2.27. The van der Waals surface area contributed by atoms with Crippen LogP contribution in [0.15, 0.2) is 41.0 Å². The predicted octanol–water partition coefficient (Wildman–Crippen LogP) is 2.44. The fourth-order valence-corrected chi connectivity index (χ4v) is 2.44. The number of ether oxygens (including phenoxy) is 2. The third-order valence-corrected chi connectivity index (χ3v) is 3.59. The summed E-state index contributed by atoms with van der Waals surface area (Å²) in [6, 6.07) is 9.37. The van der Waals surface area contributed by atoms with Crippen LogP contribution in [0.25, 0.3) is 0 Å². The van der Waals surface area contributed by atoms with Crippen LogP contribution in [0, 0.1) is 0 Å². The van der Waals surface area contributed by atoms with Gasteiger partial charge in [-0.1, -0.05) is 6.07 Å². The molecule has 0 aliphatic carbocycles. The Balaban J connectivity index is 1.74. The van der Waals surface area contributed by atoms with Gasteiger partial charge in [0.15, 0.2) is 11.5 Å². The van der Waals surface area contributed by atoms with Crippen LogP contribution in [-0.2, 0) is 0 Å². The molecule has 1 aliphatic rings. The molecule has 0 spiro atoms. The first kappa shape index (κ1) is 14.0. The molecule has 2 unspecified atom stereocenters. The third-order valence-electron chi connectivity index (χ3n) is 3.59. The molecule has 5 nitrogen and oxygen atoms in total. The summed E-state index contributed by atoms with van der Waals surface area (Å²) in [5, 5.41) is 12.9. The Kier molecular flexibility index (Phi) is 4.13. The van der Waals surface area contributed by atoms with Crippen LogP contribution in [0.3, 0.4) is 0 Å². The van der Waals surface area contributed by atoms with Crippen molar-refractivity contribution in [3.63, 3.8) is 0 Å². The van der Waals surface area contributed by atoms with E-state index < -0.39 is 0 Å². The smallest absolute Gasteiger partial charge is 0.161 e. The number of nitrogens with one attached hydrogen (secondary N) is 1. The lowest BCUT2D eigenvalue weighted by Gasteiger charge is -2.23. The first-order valence-corrected chi connectivity index (χ1v) is 7.08. The van der Waals surface area contributed by atoms with Crippen molar-refractivity contribution in [3.8, 4) is 11.5 Å². The quantitative estimate of drug-likeness (QED) is 0.885. The third kappa shape index (κ3) is 3.04. The van der Waals surface area contributed by atoms with Crippen molar-refractivity contribution in [2.45, 2.75) is 19.0 Å². The highest BCUT2D eigenvalue weighted by Crippen LogP contribution is 2.33. The number of fused-ring (bicyclic) bond motifs is 1. The number of hydrogen-bond donors (Lipinski definition) is 2. The van der Waals surface area contributed by atoms with E-state index in [1.54, 1.807) is 6.26 Å². The van der Waals surface area contributed by atoms with Crippen molar-refractivity contribution in [3.05, 3.63) is 47.9 Å². The SMILES string of the molecule is CC(NC(CO)c1ccco1)c1ccc2c(c1)OCCO2. The van der Waals surface area contributed by atoms with Gasteiger partial charge in [-0.2, -0.15) is 0 Å². The molecule has 0 amide bonds. The fourth-order valence-electron chi connectivity index (χ4n) is 2.44. The minimum Gasteiger partial charge on any atom is -0.486 e. The summed E-state index contributed by atoms with van der Waals surface area (Å²) in [6.07, 6.45) is 1.61. The minimum absolute atomic E-state index is 0.0254. The van der Waals surface area contributed by atoms with Gasteiger partial charge in [-0.15, -0.1) is 0 Å².